The lowest BCUT2D eigenvalue weighted by atomic mass is 9.91. The molecule has 2 atom stereocenters. The molecule has 0 amide bonds. The van der Waals surface area contributed by atoms with Gasteiger partial charge in [-0.25, -0.2) is 0 Å². The molecule has 4 heteroatoms. The average Bonchev–Trinajstić information content (AvgIpc) is 2.18. The van der Waals surface area contributed by atoms with Crippen LogP contribution in [-0.2, 0) is 9.53 Å². The predicted molar refractivity (Wildman–Crippen MR) is 57.8 cm³/mol. The van der Waals surface area contributed by atoms with Crippen LogP contribution in [0.25, 0.3) is 0 Å². The lowest BCUT2D eigenvalue weighted by Gasteiger charge is -2.34. The maximum atomic E-state index is 11.4. The summed E-state index contributed by atoms with van der Waals surface area (Å²) in [6.07, 6.45) is 3.80. The fourth-order valence-electron chi connectivity index (χ4n) is 2.21. The highest BCUT2D eigenvalue weighted by Gasteiger charge is 2.27. The van der Waals surface area contributed by atoms with E-state index in [2.05, 4.69) is 0 Å². The van der Waals surface area contributed by atoms with Gasteiger partial charge in [-0.3, -0.25) is 9.69 Å². The first kappa shape index (κ1) is 12.6. The highest BCUT2D eigenvalue weighted by atomic mass is 16.5. The van der Waals surface area contributed by atoms with Gasteiger partial charge >= 0.3 is 0 Å². The van der Waals surface area contributed by atoms with E-state index < -0.39 is 0 Å². The zero-order valence-corrected chi connectivity index (χ0v) is 9.61. The standard InChI is InChI=1S/C11H21NO3/c1-12(7-9(13)8-15-2)10-5-3-4-6-11(10)14/h10-11,14H,3-8H2,1-2H3. The molecule has 1 N–H and O–H groups in total. The lowest BCUT2D eigenvalue weighted by Crippen LogP contribution is -2.45. The number of ketones is 1. The SMILES string of the molecule is COCC(=O)CN(C)C1CCCCC1O. The Hall–Kier alpha value is -0.450. The van der Waals surface area contributed by atoms with Crippen LogP contribution in [0.15, 0.2) is 0 Å². The Labute approximate surface area is 91.2 Å². The second-order valence-electron chi connectivity index (χ2n) is 4.31. The van der Waals surface area contributed by atoms with Gasteiger partial charge in [0.15, 0.2) is 5.78 Å². The van der Waals surface area contributed by atoms with Crippen LogP contribution in [0.4, 0.5) is 0 Å². The van der Waals surface area contributed by atoms with Gasteiger partial charge in [-0.2, -0.15) is 0 Å². The molecule has 1 fully saturated rings. The van der Waals surface area contributed by atoms with Crippen molar-refractivity contribution in [3.05, 3.63) is 0 Å². The van der Waals surface area contributed by atoms with Crippen LogP contribution < -0.4 is 0 Å². The molecular weight excluding hydrogens is 194 g/mol. The fraction of sp³-hybridized carbons (Fsp3) is 0.909. The third-order valence-electron chi connectivity index (χ3n) is 2.99. The fourth-order valence-corrected chi connectivity index (χ4v) is 2.21. The summed E-state index contributed by atoms with van der Waals surface area (Å²) in [5.41, 5.74) is 0. The first-order valence-electron chi connectivity index (χ1n) is 5.54. The molecule has 0 spiro atoms. The molecule has 88 valence electrons. The molecule has 1 rings (SSSR count). The number of ether oxygens (including phenoxy) is 1. The largest absolute Gasteiger partial charge is 0.391 e. The van der Waals surface area contributed by atoms with E-state index in [1.165, 1.54) is 7.11 Å². The second-order valence-corrected chi connectivity index (χ2v) is 4.31. The van der Waals surface area contributed by atoms with Crippen LogP contribution >= 0.6 is 0 Å². The minimum absolute atomic E-state index is 0.0674. The Balaban J connectivity index is 2.37. The molecule has 0 aromatic rings. The third-order valence-corrected chi connectivity index (χ3v) is 2.99. The van der Waals surface area contributed by atoms with E-state index in [0.717, 1.165) is 25.7 Å². The van der Waals surface area contributed by atoms with E-state index in [9.17, 15) is 9.90 Å². The predicted octanol–water partition coefficient (Wildman–Crippen LogP) is 0.437. The van der Waals surface area contributed by atoms with E-state index in [1.54, 1.807) is 0 Å². The molecular formula is C11H21NO3. The Morgan fingerprint density at radius 3 is 2.73 bits per heavy atom. The highest BCUT2D eigenvalue weighted by molar-refractivity contribution is 5.81. The highest BCUT2D eigenvalue weighted by Crippen LogP contribution is 2.22. The van der Waals surface area contributed by atoms with E-state index in [0.29, 0.717) is 6.54 Å². The molecule has 0 aromatic carbocycles. The number of Topliss-reactive ketones (excluding diaryl/α,β-unsaturated/α-hetero) is 1. The van der Waals surface area contributed by atoms with Gasteiger partial charge in [0, 0.05) is 13.2 Å². The summed E-state index contributed by atoms with van der Waals surface area (Å²) >= 11 is 0. The van der Waals surface area contributed by atoms with Crippen LogP contribution in [0, 0.1) is 0 Å². The van der Waals surface area contributed by atoms with Crippen molar-refractivity contribution in [1.82, 2.24) is 4.90 Å². The topological polar surface area (TPSA) is 49.8 Å². The first-order chi connectivity index (χ1) is 7.15. The summed E-state index contributed by atoms with van der Waals surface area (Å²) < 4.78 is 4.78. The van der Waals surface area contributed by atoms with Crippen LogP contribution in [0.5, 0.6) is 0 Å². The second kappa shape index (κ2) is 6.20. The molecule has 0 bridgehead atoms. The van der Waals surface area contributed by atoms with Gasteiger partial charge in [-0.05, 0) is 19.9 Å². The Morgan fingerprint density at radius 2 is 2.13 bits per heavy atom. The number of carbonyl (C=O) groups excluding carboxylic acids is 1. The van der Waals surface area contributed by atoms with Gasteiger partial charge in [-0.15, -0.1) is 0 Å². The monoisotopic (exact) mass is 215 g/mol. The molecule has 1 aliphatic rings. The van der Waals surface area contributed by atoms with Crippen molar-refractivity contribution in [3.8, 4) is 0 Å². The normalized spacial score (nSPS) is 26.9. The molecule has 2 unspecified atom stereocenters. The van der Waals surface area contributed by atoms with E-state index in [1.807, 2.05) is 11.9 Å². The van der Waals surface area contributed by atoms with Gasteiger partial charge in [0.25, 0.3) is 0 Å². The number of nitrogens with zero attached hydrogens (tertiary/aromatic N) is 1. The summed E-state index contributed by atoms with van der Waals surface area (Å²) in [4.78, 5) is 13.3. The Bertz CT molecular complexity index is 208. The quantitative estimate of drug-likeness (QED) is 0.723. The van der Waals surface area contributed by atoms with Crippen molar-refractivity contribution in [2.75, 3.05) is 27.3 Å². The molecule has 0 aromatic heterocycles. The first-order valence-corrected chi connectivity index (χ1v) is 5.54. The average molecular weight is 215 g/mol. The summed E-state index contributed by atoms with van der Waals surface area (Å²) in [5, 5.41) is 9.80. The number of aliphatic hydroxyl groups excluding tert-OH is 1. The van der Waals surface area contributed by atoms with Crippen LogP contribution in [0.3, 0.4) is 0 Å². The van der Waals surface area contributed by atoms with Gasteiger partial charge in [0.05, 0.1) is 12.6 Å². The van der Waals surface area contributed by atoms with Gasteiger partial charge in [0.1, 0.15) is 6.61 Å². The molecule has 4 nitrogen and oxygen atoms in total. The van der Waals surface area contributed by atoms with Gasteiger partial charge < -0.3 is 9.84 Å². The maximum absolute atomic E-state index is 11.4. The lowest BCUT2D eigenvalue weighted by molar-refractivity contribution is -0.124. The van der Waals surface area contributed by atoms with E-state index in [4.69, 9.17) is 4.74 Å². The molecule has 0 aliphatic heterocycles. The zero-order valence-electron chi connectivity index (χ0n) is 9.61. The molecule has 15 heavy (non-hydrogen) atoms. The van der Waals surface area contributed by atoms with Crippen molar-refractivity contribution in [3.63, 3.8) is 0 Å². The zero-order chi connectivity index (χ0) is 11.3. The van der Waals surface area contributed by atoms with Crippen LogP contribution in [0.1, 0.15) is 25.7 Å². The van der Waals surface area contributed by atoms with E-state index >= 15 is 0 Å². The molecule has 1 aliphatic carbocycles. The van der Waals surface area contributed by atoms with Crippen LogP contribution in [-0.4, -0.2) is 55.2 Å². The van der Waals surface area contributed by atoms with Crippen molar-refractivity contribution in [2.24, 2.45) is 0 Å². The number of hydrogen-bond donors (Lipinski definition) is 1. The van der Waals surface area contributed by atoms with Crippen LogP contribution in [0.2, 0.25) is 0 Å². The maximum Gasteiger partial charge on any atom is 0.172 e. The number of hydrogen-bond acceptors (Lipinski definition) is 4. The van der Waals surface area contributed by atoms with Crippen molar-refractivity contribution in [1.29, 1.82) is 0 Å². The number of carbonyl (C=O) groups is 1. The van der Waals surface area contributed by atoms with E-state index in [-0.39, 0.29) is 24.5 Å². The van der Waals surface area contributed by atoms with Crippen molar-refractivity contribution >= 4 is 5.78 Å². The van der Waals surface area contributed by atoms with Gasteiger partial charge in [-0.1, -0.05) is 12.8 Å². The Kier molecular flexibility index (Phi) is 5.22. The van der Waals surface area contributed by atoms with Crippen molar-refractivity contribution in [2.45, 2.75) is 37.8 Å². The minimum atomic E-state index is -0.279. The minimum Gasteiger partial charge on any atom is -0.391 e. The summed E-state index contributed by atoms with van der Waals surface area (Å²) in [5.74, 6) is 0.0674. The van der Waals surface area contributed by atoms with Gasteiger partial charge in [0.2, 0.25) is 0 Å². The smallest absolute Gasteiger partial charge is 0.172 e. The number of rotatable bonds is 5. The third kappa shape index (κ3) is 3.89. The number of aliphatic hydroxyl groups is 1. The molecule has 1 saturated carbocycles. The summed E-state index contributed by atoms with van der Waals surface area (Å²) in [7, 11) is 3.42. The number of likely N-dealkylation sites (N-methyl/N-ethyl adjacent to an activating group) is 1. The summed E-state index contributed by atoms with van der Waals surface area (Å²) in [6, 6.07) is 0.138. The number of methoxy groups -OCH3 is 1. The molecule has 0 heterocycles. The molecule has 0 saturated heterocycles. The Morgan fingerprint density at radius 1 is 1.47 bits per heavy atom. The molecule has 0 radical (unpaired) electrons. The summed E-state index contributed by atoms with van der Waals surface area (Å²) in [6.45, 7) is 0.530. The van der Waals surface area contributed by atoms with Crippen molar-refractivity contribution < 1.29 is 14.6 Å².